The van der Waals surface area contributed by atoms with Crippen LogP contribution in [0.5, 0.6) is 0 Å². The van der Waals surface area contributed by atoms with Gasteiger partial charge in [0.2, 0.25) is 0 Å². The van der Waals surface area contributed by atoms with E-state index in [0.29, 0.717) is 12.8 Å². The maximum absolute atomic E-state index is 8.83. The number of nitriles is 1. The fourth-order valence-electron chi connectivity index (χ4n) is 1.89. The van der Waals surface area contributed by atoms with Crippen LogP contribution in [0.25, 0.3) is 0 Å². The van der Waals surface area contributed by atoms with E-state index in [0.717, 1.165) is 13.1 Å². The molecule has 1 aromatic rings. The van der Waals surface area contributed by atoms with Crippen LogP contribution in [0, 0.1) is 23.7 Å². The summed E-state index contributed by atoms with van der Waals surface area (Å²) in [5.74, 6) is 2.66. The van der Waals surface area contributed by atoms with Crippen molar-refractivity contribution >= 4 is 0 Å². The molecule has 0 aliphatic carbocycles. The van der Waals surface area contributed by atoms with Gasteiger partial charge in [0.25, 0.3) is 0 Å². The van der Waals surface area contributed by atoms with Crippen LogP contribution in [0.4, 0.5) is 0 Å². The molecule has 0 spiro atoms. The molecule has 1 aromatic carbocycles. The van der Waals surface area contributed by atoms with Gasteiger partial charge in [-0.25, -0.2) is 0 Å². The fraction of sp³-hybridized carbons (Fsp3) is 0.400. The van der Waals surface area contributed by atoms with Gasteiger partial charge in [0.05, 0.1) is 12.5 Å². The largest absolute Gasteiger partial charge is 0.294 e. The molecule has 17 heavy (non-hydrogen) atoms. The van der Waals surface area contributed by atoms with Gasteiger partial charge in [-0.2, -0.15) is 5.26 Å². The minimum atomic E-state index is 0.162. The lowest BCUT2D eigenvalue weighted by atomic mass is 10.1. The minimum Gasteiger partial charge on any atom is -0.294 e. The number of rotatable bonds is 6. The normalized spacial score (nSPS) is 11.8. The first kappa shape index (κ1) is 13.3. The van der Waals surface area contributed by atoms with Crippen molar-refractivity contribution in [2.75, 3.05) is 6.54 Å². The Bertz CT molecular complexity index is 381. The second kappa shape index (κ2) is 7.49. The summed E-state index contributed by atoms with van der Waals surface area (Å²) >= 11 is 0. The zero-order valence-electron chi connectivity index (χ0n) is 10.3. The predicted octanol–water partition coefficient (Wildman–Crippen LogP) is 2.81. The summed E-state index contributed by atoms with van der Waals surface area (Å²) in [6.07, 6.45) is 6.48. The zero-order valence-corrected chi connectivity index (χ0v) is 10.3. The zero-order chi connectivity index (χ0) is 12.5. The number of hydrogen-bond acceptors (Lipinski definition) is 2. The molecule has 0 amide bonds. The second-order valence-corrected chi connectivity index (χ2v) is 3.97. The first-order chi connectivity index (χ1) is 8.31. The molecule has 0 aliphatic heterocycles. The summed E-state index contributed by atoms with van der Waals surface area (Å²) in [5, 5.41) is 8.83. The molecule has 1 rings (SSSR count). The lowest BCUT2D eigenvalue weighted by molar-refractivity contribution is 0.202. The average molecular weight is 226 g/mol. The molecule has 0 radical (unpaired) electrons. The molecule has 0 aromatic heterocycles. The summed E-state index contributed by atoms with van der Waals surface area (Å²) < 4.78 is 0. The maximum Gasteiger partial charge on any atom is 0.0638 e. The number of terminal acetylenes is 1. The van der Waals surface area contributed by atoms with Crippen molar-refractivity contribution in [3.8, 4) is 18.4 Å². The monoisotopic (exact) mass is 226 g/mol. The Morgan fingerprint density at radius 1 is 1.29 bits per heavy atom. The molecule has 0 bridgehead atoms. The van der Waals surface area contributed by atoms with Crippen molar-refractivity contribution in [2.24, 2.45) is 0 Å². The van der Waals surface area contributed by atoms with Gasteiger partial charge in [-0.3, -0.25) is 4.90 Å². The molecule has 1 unspecified atom stereocenters. The Morgan fingerprint density at radius 2 is 2.00 bits per heavy atom. The first-order valence-corrected chi connectivity index (χ1v) is 5.90. The van der Waals surface area contributed by atoms with E-state index in [1.807, 2.05) is 18.2 Å². The quantitative estimate of drug-likeness (QED) is 0.697. The van der Waals surface area contributed by atoms with Gasteiger partial charge in [0, 0.05) is 19.0 Å². The molecule has 88 valence electrons. The molecular formula is C15H18N2. The Hall–Kier alpha value is -1.77. The van der Waals surface area contributed by atoms with Crippen LogP contribution in [0.1, 0.15) is 25.3 Å². The average Bonchev–Trinajstić information content (AvgIpc) is 2.37. The van der Waals surface area contributed by atoms with Gasteiger partial charge in [-0.1, -0.05) is 37.3 Å². The van der Waals surface area contributed by atoms with Crippen molar-refractivity contribution in [2.45, 2.75) is 32.4 Å². The van der Waals surface area contributed by atoms with Gasteiger partial charge in [-0.05, 0) is 12.1 Å². The Kier molecular flexibility index (Phi) is 5.86. The molecule has 0 heterocycles. The number of benzene rings is 1. The van der Waals surface area contributed by atoms with Gasteiger partial charge in [-0.15, -0.1) is 12.3 Å². The second-order valence-electron chi connectivity index (χ2n) is 3.97. The molecule has 0 aliphatic rings. The molecule has 0 saturated heterocycles. The molecule has 2 nitrogen and oxygen atoms in total. The van der Waals surface area contributed by atoms with Crippen molar-refractivity contribution in [3.63, 3.8) is 0 Å². The highest BCUT2D eigenvalue weighted by Crippen LogP contribution is 2.12. The van der Waals surface area contributed by atoms with Crippen molar-refractivity contribution in [3.05, 3.63) is 35.9 Å². The molecule has 1 atom stereocenters. The summed E-state index contributed by atoms with van der Waals surface area (Å²) in [6.45, 7) is 3.86. The fourth-order valence-corrected chi connectivity index (χ4v) is 1.89. The van der Waals surface area contributed by atoms with Crippen LogP contribution in [-0.2, 0) is 6.54 Å². The van der Waals surface area contributed by atoms with Crippen LogP contribution >= 0.6 is 0 Å². The van der Waals surface area contributed by atoms with E-state index in [1.54, 1.807) is 0 Å². The highest BCUT2D eigenvalue weighted by atomic mass is 15.1. The summed E-state index contributed by atoms with van der Waals surface area (Å²) in [4.78, 5) is 2.26. The molecule has 0 saturated carbocycles. The van der Waals surface area contributed by atoms with Gasteiger partial charge >= 0.3 is 0 Å². The van der Waals surface area contributed by atoms with Crippen molar-refractivity contribution in [1.82, 2.24) is 4.90 Å². The lowest BCUT2D eigenvalue weighted by Crippen LogP contribution is -2.34. The standard InChI is InChI=1S/C15H18N2/c1-3-8-15(11-12-16)17(4-2)13-14-9-6-5-7-10-14/h1,5-7,9-10,15H,4,8,11,13H2,2H3. The predicted molar refractivity (Wildman–Crippen MR) is 70.0 cm³/mol. The van der Waals surface area contributed by atoms with Crippen LogP contribution in [0.15, 0.2) is 30.3 Å². The third-order valence-electron chi connectivity index (χ3n) is 2.83. The third-order valence-corrected chi connectivity index (χ3v) is 2.83. The SMILES string of the molecule is C#CCC(CC#N)N(CC)Cc1ccccc1. The van der Waals surface area contributed by atoms with E-state index in [4.69, 9.17) is 11.7 Å². The lowest BCUT2D eigenvalue weighted by Gasteiger charge is -2.27. The van der Waals surface area contributed by atoms with E-state index < -0.39 is 0 Å². The highest BCUT2D eigenvalue weighted by molar-refractivity contribution is 5.14. The van der Waals surface area contributed by atoms with Crippen LogP contribution in [-0.4, -0.2) is 17.5 Å². The van der Waals surface area contributed by atoms with Gasteiger partial charge in [0.1, 0.15) is 0 Å². The summed E-state index contributed by atoms with van der Waals surface area (Å²) in [5.41, 5.74) is 1.26. The number of nitrogens with zero attached hydrogens (tertiary/aromatic N) is 2. The summed E-state index contributed by atoms with van der Waals surface area (Å²) in [6, 6.07) is 12.6. The van der Waals surface area contributed by atoms with Gasteiger partial charge < -0.3 is 0 Å². The molecule has 0 N–H and O–H groups in total. The Labute approximate surface area is 104 Å². The van der Waals surface area contributed by atoms with Crippen molar-refractivity contribution < 1.29 is 0 Å². The van der Waals surface area contributed by atoms with Crippen LogP contribution < -0.4 is 0 Å². The number of hydrogen-bond donors (Lipinski definition) is 0. The smallest absolute Gasteiger partial charge is 0.0638 e. The maximum atomic E-state index is 8.83. The summed E-state index contributed by atoms with van der Waals surface area (Å²) in [7, 11) is 0. The van der Waals surface area contributed by atoms with E-state index in [2.05, 4.69) is 35.9 Å². The van der Waals surface area contributed by atoms with Crippen LogP contribution in [0.2, 0.25) is 0 Å². The van der Waals surface area contributed by atoms with E-state index >= 15 is 0 Å². The highest BCUT2D eigenvalue weighted by Gasteiger charge is 2.15. The Balaban J connectivity index is 2.70. The minimum absolute atomic E-state index is 0.162. The first-order valence-electron chi connectivity index (χ1n) is 5.90. The van der Waals surface area contributed by atoms with Gasteiger partial charge in [0.15, 0.2) is 0 Å². The van der Waals surface area contributed by atoms with Crippen LogP contribution in [0.3, 0.4) is 0 Å². The molecule has 0 fully saturated rings. The third kappa shape index (κ3) is 4.31. The van der Waals surface area contributed by atoms with E-state index in [-0.39, 0.29) is 6.04 Å². The van der Waals surface area contributed by atoms with E-state index in [1.165, 1.54) is 5.56 Å². The van der Waals surface area contributed by atoms with E-state index in [9.17, 15) is 0 Å². The topological polar surface area (TPSA) is 27.0 Å². The molecule has 2 heteroatoms. The van der Waals surface area contributed by atoms with Crippen molar-refractivity contribution in [1.29, 1.82) is 5.26 Å². The molecular weight excluding hydrogens is 208 g/mol. The Morgan fingerprint density at radius 3 is 2.53 bits per heavy atom.